The van der Waals surface area contributed by atoms with Gasteiger partial charge in [0.25, 0.3) is 0 Å². The van der Waals surface area contributed by atoms with Gasteiger partial charge in [-0.15, -0.1) is 0 Å². The fourth-order valence-corrected chi connectivity index (χ4v) is 1.57. The minimum atomic E-state index is -0.280. The van der Waals surface area contributed by atoms with E-state index in [1.54, 1.807) is 17.9 Å². The second-order valence-corrected chi connectivity index (χ2v) is 3.99. The smallest absolute Gasteiger partial charge is 0.322 e. The van der Waals surface area contributed by atoms with Crippen LogP contribution < -0.4 is 5.32 Å². The van der Waals surface area contributed by atoms with E-state index in [1.165, 1.54) is 7.11 Å². The summed E-state index contributed by atoms with van der Waals surface area (Å²) in [5.74, 6) is -0.247. The molecule has 0 aliphatic heterocycles. The first kappa shape index (κ1) is 12.2. The molecular formula is C9H14BrN3O2. The third kappa shape index (κ3) is 3.64. The molecule has 0 amide bonds. The summed E-state index contributed by atoms with van der Waals surface area (Å²) in [6.45, 7) is 0.673. The van der Waals surface area contributed by atoms with Crippen molar-refractivity contribution in [1.29, 1.82) is 0 Å². The molecule has 1 rings (SSSR count). The van der Waals surface area contributed by atoms with E-state index in [2.05, 4.69) is 31.1 Å². The summed E-state index contributed by atoms with van der Waals surface area (Å²) >= 11 is 3.31. The zero-order valence-electron chi connectivity index (χ0n) is 8.74. The lowest BCUT2D eigenvalue weighted by Gasteiger charge is -2.12. The lowest BCUT2D eigenvalue weighted by Crippen LogP contribution is -2.35. The predicted octanol–water partition coefficient (Wildman–Crippen LogP) is 0.797. The normalized spacial score (nSPS) is 12.5. The van der Waals surface area contributed by atoms with Gasteiger partial charge in [-0.2, -0.15) is 5.10 Å². The Morgan fingerprint density at radius 1 is 1.80 bits per heavy atom. The van der Waals surface area contributed by atoms with E-state index in [-0.39, 0.29) is 12.0 Å². The van der Waals surface area contributed by atoms with Crippen molar-refractivity contribution in [3.63, 3.8) is 0 Å². The molecule has 0 spiro atoms. The van der Waals surface area contributed by atoms with Crippen molar-refractivity contribution in [2.24, 2.45) is 0 Å². The van der Waals surface area contributed by atoms with Gasteiger partial charge < -0.3 is 10.1 Å². The molecule has 0 fully saturated rings. The molecular weight excluding hydrogens is 262 g/mol. The quantitative estimate of drug-likeness (QED) is 0.808. The summed E-state index contributed by atoms with van der Waals surface area (Å²) < 4.78 is 7.36. The van der Waals surface area contributed by atoms with Gasteiger partial charge in [0.05, 0.1) is 17.8 Å². The van der Waals surface area contributed by atoms with Gasteiger partial charge in [0.15, 0.2) is 0 Å². The van der Waals surface area contributed by atoms with E-state index in [0.29, 0.717) is 13.0 Å². The molecule has 1 aromatic rings. The third-order valence-corrected chi connectivity index (χ3v) is 2.49. The number of carbonyl (C=O) groups excluding carboxylic acids is 1. The summed E-state index contributed by atoms with van der Waals surface area (Å²) in [5.41, 5.74) is 0. The van der Waals surface area contributed by atoms with E-state index in [1.807, 2.05) is 6.20 Å². The molecule has 0 bridgehead atoms. The first-order valence-corrected chi connectivity index (χ1v) is 5.39. The number of esters is 1. The van der Waals surface area contributed by atoms with E-state index < -0.39 is 0 Å². The van der Waals surface area contributed by atoms with Crippen LogP contribution in [0.5, 0.6) is 0 Å². The average molecular weight is 276 g/mol. The number of hydrogen-bond donors (Lipinski definition) is 1. The van der Waals surface area contributed by atoms with Gasteiger partial charge >= 0.3 is 5.97 Å². The number of ether oxygens (including phenoxy) is 1. The summed E-state index contributed by atoms with van der Waals surface area (Å²) in [6.07, 6.45) is 4.23. The second-order valence-electron chi connectivity index (χ2n) is 3.07. The number of aryl methyl sites for hydroxylation is 1. The molecule has 1 aromatic heterocycles. The Kier molecular flexibility index (Phi) is 4.77. The zero-order chi connectivity index (χ0) is 11.3. The van der Waals surface area contributed by atoms with Crippen LogP contribution in [-0.4, -0.2) is 35.9 Å². The highest BCUT2D eigenvalue weighted by Gasteiger charge is 2.16. The number of nitrogens with zero attached hydrogens (tertiary/aromatic N) is 2. The van der Waals surface area contributed by atoms with E-state index in [9.17, 15) is 4.79 Å². The van der Waals surface area contributed by atoms with Gasteiger partial charge in [-0.25, -0.2) is 0 Å². The number of hydrogen-bond acceptors (Lipinski definition) is 4. The topological polar surface area (TPSA) is 56.2 Å². The molecule has 1 unspecified atom stereocenters. The van der Waals surface area contributed by atoms with Gasteiger partial charge in [-0.05, 0) is 29.4 Å². The Labute approximate surface area is 96.9 Å². The van der Waals surface area contributed by atoms with Crippen LogP contribution in [0.3, 0.4) is 0 Å². The molecule has 0 radical (unpaired) electrons. The van der Waals surface area contributed by atoms with Crippen LogP contribution in [0.2, 0.25) is 0 Å². The maximum Gasteiger partial charge on any atom is 0.322 e. The summed E-state index contributed by atoms with van der Waals surface area (Å²) in [7, 11) is 3.12. The minimum Gasteiger partial charge on any atom is -0.468 e. The molecule has 15 heavy (non-hydrogen) atoms. The van der Waals surface area contributed by atoms with Crippen LogP contribution in [0, 0.1) is 0 Å². The Bertz CT molecular complexity index is 327. The van der Waals surface area contributed by atoms with Crippen LogP contribution in [0.4, 0.5) is 0 Å². The Balaban J connectivity index is 2.44. The van der Waals surface area contributed by atoms with Crippen molar-refractivity contribution in [2.75, 3.05) is 14.2 Å². The lowest BCUT2D eigenvalue weighted by atomic mass is 10.2. The van der Waals surface area contributed by atoms with Gasteiger partial charge in [0, 0.05) is 12.7 Å². The molecule has 0 aliphatic rings. The Morgan fingerprint density at radius 2 is 2.53 bits per heavy atom. The fourth-order valence-electron chi connectivity index (χ4n) is 1.24. The maximum atomic E-state index is 11.2. The molecule has 0 saturated carbocycles. The minimum absolute atomic E-state index is 0.247. The van der Waals surface area contributed by atoms with Crippen molar-refractivity contribution in [1.82, 2.24) is 15.1 Å². The van der Waals surface area contributed by atoms with Crippen molar-refractivity contribution in [3.05, 3.63) is 16.9 Å². The number of halogens is 1. The molecule has 1 atom stereocenters. The molecule has 5 nitrogen and oxygen atoms in total. The van der Waals surface area contributed by atoms with E-state index >= 15 is 0 Å². The van der Waals surface area contributed by atoms with Crippen LogP contribution in [-0.2, 0) is 16.1 Å². The fraction of sp³-hybridized carbons (Fsp3) is 0.556. The highest BCUT2D eigenvalue weighted by Crippen LogP contribution is 2.07. The number of nitrogens with one attached hydrogen (secondary N) is 1. The molecule has 84 valence electrons. The third-order valence-electron chi connectivity index (χ3n) is 2.08. The monoisotopic (exact) mass is 275 g/mol. The number of rotatable bonds is 5. The summed E-state index contributed by atoms with van der Waals surface area (Å²) in [4.78, 5) is 11.2. The van der Waals surface area contributed by atoms with Gasteiger partial charge in [0.2, 0.25) is 0 Å². The number of methoxy groups -OCH3 is 1. The average Bonchev–Trinajstić information content (AvgIpc) is 2.64. The molecule has 6 heteroatoms. The summed E-state index contributed by atoms with van der Waals surface area (Å²) in [5, 5.41) is 7.00. The molecule has 0 saturated heterocycles. The second kappa shape index (κ2) is 5.87. The van der Waals surface area contributed by atoms with Crippen molar-refractivity contribution >= 4 is 21.9 Å². The van der Waals surface area contributed by atoms with Crippen LogP contribution >= 0.6 is 15.9 Å². The Hall–Kier alpha value is -0.880. The first-order valence-electron chi connectivity index (χ1n) is 4.60. The molecule has 0 aromatic carbocycles. The van der Waals surface area contributed by atoms with Crippen LogP contribution in [0.15, 0.2) is 16.9 Å². The predicted molar refractivity (Wildman–Crippen MR) is 59.4 cm³/mol. The highest BCUT2D eigenvalue weighted by molar-refractivity contribution is 9.10. The SMILES string of the molecule is CNC(CCn1cc(Br)cn1)C(=O)OC. The number of likely N-dealkylation sites (N-methyl/N-ethyl adjacent to an activating group) is 1. The highest BCUT2D eigenvalue weighted by atomic mass is 79.9. The maximum absolute atomic E-state index is 11.2. The number of carbonyl (C=O) groups is 1. The van der Waals surface area contributed by atoms with Crippen LogP contribution in [0.25, 0.3) is 0 Å². The standard InChI is InChI=1S/C9H14BrN3O2/c1-11-8(9(14)15-2)3-4-13-6-7(10)5-12-13/h5-6,8,11H,3-4H2,1-2H3. The van der Waals surface area contributed by atoms with E-state index in [4.69, 9.17) is 0 Å². The van der Waals surface area contributed by atoms with E-state index in [0.717, 1.165) is 4.47 Å². The number of aromatic nitrogens is 2. The molecule has 0 aliphatic carbocycles. The van der Waals surface area contributed by atoms with Gasteiger partial charge in [0.1, 0.15) is 6.04 Å². The van der Waals surface area contributed by atoms with Crippen molar-refractivity contribution < 1.29 is 9.53 Å². The summed E-state index contributed by atoms with van der Waals surface area (Å²) in [6, 6.07) is -0.280. The van der Waals surface area contributed by atoms with Crippen molar-refractivity contribution in [2.45, 2.75) is 19.0 Å². The lowest BCUT2D eigenvalue weighted by molar-refractivity contribution is -0.143. The van der Waals surface area contributed by atoms with Crippen molar-refractivity contribution in [3.8, 4) is 0 Å². The first-order chi connectivity index (χ1) is 7.17. The molecule has 1 N–H and O–H groups in total. The van der Waals surface area contributed by atoms with Gasteiger partial charge in [-0.3, -0.25) is 9.48 Å². The van der Waals surface area contributed by atoms with Gasteiger partial charge in [-0.1, -0.05) is 0 Å². The largest absolute Gasteiger partial charge is 0.468 e. The molecule has 1 heterocycles. The zero-order valence-corrected chi connectivity index (χ0v) is 10.3. The van der Waals surface area contributed by atoms with Crippen LogP contribution in [0.1, 0.15) is 6.42 Å². The Morgan fingerprint density at radius 3 is 3.00 bits per heavy atom.